The van der Waals surface area contributed by atoms with Crippen LogP contribution < -0.4 is 5.32 Å². The average molecular weight is 1040 g/mol. The number of esters is 1. The van der Waals surface area contributed by atoms with Crippen LogP contribution in [-0.4, -0.2) is 99.6 Å². The zero-order valence-electron chi connectivity index (χ0n) is 46.9. The number of amides is 1. The average Bonchev–Trinajstić information content (AvgIpc) is 3.40. The van der Waals surface area contributed by atoms with E-state index in [1.165, 1.54) is 103 Å². The lowest BCUT2D eigenvalue weighted by atomic mass is 9.99. The van der Waals surface area contributed by atoms with Gasteiger partial charge in [0, 0.05) is 6.42 Å². The summed E-state index contributed by atoms with van der Waals surface area (Å²) < 4.78 is 17.6. The Hall–Kier alpha value is -3.16. The number of carbonyl (C=O) groups is 2. The third-order valence-electron chi connectivity index (χ3n) is 13.5. The number of nitrogens with one attached hydrogen (secondary N) is 1. The molecule has 1 heterocycles. The van der Waals surface area contributed by atoms with Gasteiger partial charge in [0.25, 0.3) is 0 Å². The lowest BCUT2D eigenvalue weighted by molar-refractivity contribution is -0.305. The van der Waals surface area contributed by atoms with E-state index in [4.69, 9.17) is 14.2 Å². The Kier molecular flexibility index (Phi) is 47.1. The molecule has 1 aliphatic heterocycles. The maximum atomic E-state index is 13.4. The predicted octanol–water partition coefficient (Wildman–Crippen LogP) is 13.8. The molecule has 0 saturated carbocycles. The summed E-state index contributed by atoms with van der Waals surface area (Å²) in [6, 6.07) is -1.04. The summed E-state index contributed by atoms with van der Waals surface area (Å²) in [6.07, 6.45) is 54.8. The van der Waals surface area contributed by atoms with E-state index in [1.807, 2.05) is 6.08 Å². The van der Waals surface area contributed by atoms with Crippen LogP contribution in [0.1, 0.15) is 239 Å². The van der Waals surface area contributed by atoms with Gasteiger partial charge in [0.2, 0.25) is 5.91 Å². The van der Waals surface area contributed by atoms with E-state index in [0.717, 1.165) is 89.9 Å². The van der Waals surface area contributed by atoms with Crippen molar-refractivity contribution in [2.24, 2.45) is 0 Å². The molecule has 1 rings (SSSR count). The largest absolute Gasteiger partial charge is 0.454 e. The number of hydrogen-bond acceptors (Lipinski definition) is 10. The van der Waals surface area contributed by atoms with Crippen molar-refractivity contribution in [3.05, 3.63) is 85.1 Å². The van der Waals surface area contributed by atoms with Crippen LogP contribution in [0.15, 0.2) is 85.1 Å². The Morgan fingerprint density at radius 2 is 0.973 bits per heavy atom. The van der Waals surface area contributed by atoms with Crippen molar-refractivity contribution in [1.82, 2.24) is 5.32 Å². The van der Waals surface area contributed by atoms with E-state index in [9.17, 15) is 35.1 Å². The Morgan fingerprint density at radius 1 is 0.541 bits per heavy atom. The molecule has 0 aromatic rings. The van der Waals surface area contributed by atoms with Crippen molar-refractivity contribution in [2.75, 3.05) is 13.2 Å². The normalized spacial score (nSPS) is 19.9. The molecular weight excluding hydrogens is 931 g/mol. The second kappa shape index (κ2) is 50.6. The summed E-state index contributed by atoms with van der Waals surface area (Å²) in [5.74, 6) is -1.25. The molecule has 8 atom stereocenters. The zero-order chi connectivity index (χ0) is 54.0. The number of aliphatic hydroxyl groups excluding tert-OH is 5. The van der Waals surface area contributed by atoms with Crippen LogP contribution in [0.2, 0.25) is 0 Å². The van der Waals surface area contributed by atoms with Crippen molar-refractivity contribution >= 4 is 11.9 Å². The molecule has 0 spiro atoms. The summed E-state index contributed by atoms with van der Waals surface area (Å²) in [5.41, 5.74) is 0. The first kappa shape index (κ1) is 68.9. The zero-order valence-corrected chi connectivity index (χ0v) is 46.9. The van der Waals surface area contributed by atoms with Gasteiger partial charge in [-0.1, -0.05) is 221 Å². The molecule has 1 aliphatic rings. The Balaban J connectivity index is 2.75. The maximum absolute atomic E-state index is 13.4. The molecule has 426 valence electrons. The van der Waals surface area contributed by atoms with E-state index in [2.05, 4.69) is 99.0 Å². The second-order valence-corrected chi connectivity index (χ2v) is 20.3. The third kappa shape index (κ3) is 38.4. The van der Waals surface area contributed by atoms with Gasteiger partial charge in [-0.15, -0.1) is 0 Å². The van der Waals surface area contributed by atoms with Gasteiger partial charge < -0.3 is 45.1 Å². The Labute approximate surface area is 451 Å². The van der Waals surface area contributed by atoms with Crippen LogP contribution in [0, 0.1) is 0 Å². The van der Waals surface area contributed by atoms with Gasteiger partial charge in [0.15, 0.2) is 12.4 Å². The van der Waals surface area contributed by atoms with E-state index in [1.54, 1.807) is 6.08 Å². The first-order chi connectivity index (χ1) is 36.2. The van der Waals surface area contributed by atoms with Crippen LogP contribution in [-0.2, 0) is 23.8 Å². The molecule has 74 heavy (non-hydrogen) atoms. The van der Waals surface area contributed by atoms with Crippen molar-refractivity contribution in [2.45, 2.75) is 288 Å². The fourth-order valence-electron chi connectivity index (χ4n) is 8.79. The van der Waals surface area contributed by atoms with Crippen LogP contribution in [0.3, 0.4) is 0 Å². The highest BCUT2D eigenvalue weighted by Crippen LogP contribution is 2.26. The minimum atomic E-state index is -1.63. The van der Waals surface area contributed by atoms with Crippen LogP contribution >= 0.6 is 0 Å². The van der Waals surface area contributed by atoms with Crippen molar-refractivity contribution < 1.29 is 49.3 Å². The molecule has 1 fully saturated rings. The van der Waals surface area contributed by atoms with E-state index in [-0.39, 0.29) is 19.4 Å². The van der Waals surface area contributed by atoms with Gasteiger partial charge in [-0.2, -0.15) is 0 Å². The molecule has 11 nitrogen and oxygen atoms in total. The van der Waals surface area contributed by atoms with Gasteiger partial charge in [-0.25, -0.2) is 0 Å². The predicted molar refractivity (Wildman–Crippen MR) is 306 cm³/mol. The number of carbonyl (C=O) groups excluding carboxylic acids is 2. The first-order valence-corrected chi connectivity index (χ1v) is 29.9. The molecule has 0 aromatic carbocycles. The minimum absolute atomic E-state index is 0.0792. The van der Waals surface area contributed by atoms with Gasteiger partial charge in [-0.3, -0.25) is 9.59 Å². The first-order valence-electron chi connectivity index (χ1n) is 29.9. The summed E-state index contributed by atoms with van der Waals surface area (Å²) in [7, 11) is 0. The van der Waals surface area contributed by atoms with Gasteiger partial charge >= 0.3 is 5.97 Å². The summed E-state index contributed by atoms with van der Waals surface area (Å²) in [6.45, 7) is 5.63. The van der Waals surface area contributed by atoms with E-state index < -0.39 is 67.4 Å². The Morgan fingerprint density at radius 3 is 1.47 bits per heavy atom. The third-order valence-corrected chi connectivity index (χ3v) is 13.5. The molecular formula is C63H109NO10. The lowest BCUT2D eigenvalue weighted by Gasteiger charge is -2.41. The molecule has 0 aromatic heterocycles. The fourth-order valence-corrected chi connectivity index (χ4v) is 8.79. The molecule has 8 unspecified atom stereocenters. The van der Waals surface area contributed by atoms with Crippen molar-refractivity contribution in [1.29, 1.82) is 0 Å². The summed E-state index contributed by atoms with van der Waals surface area (Å²) in [4.78, 5) is 26.5. The smallest absolute Gasteiger partial charge is 0.306 e. The van der Waals surface area contributed by atoms with E-state index in [0.29, 0.717) is 12.8 Å². The number of ether oxygens (including phenoxy) is 3. The molecule has 6 N–H and O–H groups in total. The second-order valence-electron chi connectivity index (χ2n) is 20.3. The fraction of sp³-hybridized carbons (Fsp3) is 0.746. The van der Waals surface area contributed by atoms with E-state index >= 15 is 0 Å². The molecule has 1 amide bonds. The molecule has 0 radical (unpaired) electrons. The lowest BCUT2D eigenvalue weighted by Crippen LogP contribution is -2.61. The van der Waals surface area contributed by atoms with Crippen molar-refractivity contribution in [3.8, 4) is 0 Å². The van der Waals surface area contributed by atoms with Gasteiger partial charge in [0.05, 0.1) is 25.4 Å². The molecule has 0 aliphatic carbocycles. The number of aliphatic hydroxyl groups is 5. The van der Waals surface area contributed by atoms with Crippen LogP contribution in [0.4, 0.5) is 0 Å². The Bertz CT molecular complexity index is 1520. The topological polar surface area (TPSA) is 175 Å². The van der Waals surface area contributed by atoms with Crippen LogP contribution in [0.25, 0.3) is 0 Å². The van der Waals surface area contributed by atoms with Gasteiger partial charge in [-0.05, 0) is 96.3 Å². The monoisotopic (exact) mass is 1040 g/mol. The standard InChI is InChI=1S/C63H109NO10/c1-4-7-10-13-16-19-22-25-26-27-28-29-30-33-36-39-42-45-48-51-58(68)74-61-60(70)59(69)57(52-65)73-63(61)72-53-54(55(66)49-46-43-40-37-34-31-23-20-17-14-11-8-5-2)64-62(71)56(67)50-47-44-41-38-35-32-24-21-18-15-12-9-6-3/h7,10,16,19,25-26,28-29,33,35-36,38,46,49,54-57,59-61,63,65-67,69-70H,4-6,8-9,11-15,17-18,20-24,27,30-32,34,37,39-45,47-48,50-53H2,1-3H3,(H,64,71)/b10-7-,19-16-,26-25-,29-28-,36-33-,38-35-,49-46+. The summed E-state index contributed by atoms with van der Waals surface area (Å²) in [5, 5.41) is 56.8. The van der Waals surface area contributed by atoms with Crippen LogP contribution in [0.5, 0.6) is 0 Å². The quantitative estimate of drug-likeness (QED) is 0.0195. The highest BCUT2D eigenvalue weighted by molar-refractivity contribution is 5.80. The number of allylic oxidation sites excluding steroid dienone is 13. The maximum Gasteiger partial charge on any atom is 0.306 e. The number of hydrogen-bond donors (Lipinski definition) is 6. The minimum Gasteiger partial charge on any atom is -0.454 e. The highest BCUT2D eigenvalue weighted by atomic mass is 16.7. The van der Waals surface area contributed by atoms with Gasteiger partial charge in [0.1, 0.15) is 24.4 Å². The SMILES string of the molecule is CC/C=C\C/C=C\C/C=C\C/C=C\C/C=C\CCCCCC(=O)OC1C(OCC(NC(=O)C(O)CCCC/C=C\CCCCCCCCC)C(O)/C=C/CCCCCCCCCCCCC)OC(CO)C(O)C1O. The van der Waals surface area contributed by atoms with Crippen molar-refractivity contribution in [3.63, 3.8) is 0 Å². The number of unbranched alkanes of at least 4 members (excludes halogenated alkanes) is 23. The summed E-state index contributed by atoms with van der Waals surface area (Å²) >= 11 is 0. The molecule has 1 saturated heterocycles. The number of rotatable bonds is 49. The molecule has 0 bridgehead atoms. The molecule has 11 heteroatoms. The highest BCUT2D eigenvalue weighted by Gasteiger charge is 2.47.